The van der Waals surface area contributed by atoms with Gasteiger partial charge < -0.3 is 16.0 Å². The summed E-state index contributed by atoms with van der Waals surface area (Å²) in [5.41, 5.74) is 0. The first kappa shape index (κ1) is 14.3. The summed E-state index contributed by atoms with van der Waals surface area (Å²) in [4.78, 5) is 16.1. The maximum Gasteiger partial charge on any atom is 0.242 e. The van der Waals surface area contributed by atoms with E-state index in [-0.39, 0.29) is 11.9 Å². The zero-order valence-corrected chi connectivity index (χ0v) is 11.3. The van der Waals surface area contributed by atoms with Gasteiger partial charge in [0.05, 0.1) is 0 Å². The van der Waals surface area contributed by atoms with Crippen molar-refractivity contribution >= 4 is 17.5 Å². The first-order chi connectivity index (χ1) is 8.67. The van der Waals surface area contributed by atoms with Crippen molar-refractivity contribution in [3.63, 3.8) is 0 Å². The molecule has 1 unspecified atom stereocenters. The lowest BCUT2D eigenvalue weighted by atomic mass is 10.3. The van der Waals surface area contributed by atoms with Crippen molar-refractivity contribution in [1.29, 1.82) is 0 Å². The molecule has 1 rings (SSSR count). The Balaban J connectivity index is 2.55. The Morgan fingerprint density at radius 2 is 2.06 bits per heavy atom. The van der Waals surface area contributed by atoms with Crippen molar-refractivity contribution in [3.8, 4) is 0 Å². The minimum Gasteiger partial charge on any atom is -0.370 e. The molecule has 0 aliphatic carbocycles. The molecular weight excluding hydrogens is 228 g/mol. The Morgan fingerprint density at radius 1 is 1.33 bits per heavy atom. The predicted molar refractivity (Wildman–Crippen MR) is 74.8 cm³/mol. The lowest BCUT2D eigenvalue weighted by Crippen LogP contribution is -2.38. The van der Waals surface area contributed by atoms with Gasteiger partial charge in [0.1, 0.15) is 17.7 Å². The van der Waals surface area contributed by atoms with Crippen molar-refractivity contribution in [2.24, 2.45) is 0 Å². The van der Waals surface area contributed by atoms with Crippen LogP contribution in [0.4, 0.5) is 11.6 Å². The second-order valence-corrected chi connectivity index (χ2v) is 4.10. The third-order valence-electron chi connectivity index (χ3n) is 2.41. The molecule has 0 aliphatic rings. The number of amides is 1. The van der Waals surface area contributed by atoms with Crippen molar-refractivity contribution in [1.82, 2.24) is 10.3 Å². The van der Waals surface area contributed by atoms with Crippen LogP contribution in [0.15, 0.2) is 18.2 Å². The maximum atomic E-state index is 11.7. The molecule has 0 saturated heterocycles. The van der Waals surface area contributed by atoms with E-state index in [1.165, 1.54) is 0 Å². The smallest absolute Gasteiger partial charge is 0.242 e. The highest BCUT2D eigenvalue weighted by Crippen LogP contribution is 2.09. The van der Waals surface area contributed by atoms with Crippen LogP contribution in [0.5, 0.6) is 0 Å². The number of carbonyl (C=O) groups is 1. The molecule has 0 bridgehead atoms. The summed E-state index contributed by atoms with van der Waals surface area (Å²) in [5.74, 6) is 1.50. The summed E-state index contributed by atoms with van der Waals surface area (Å²) in [5, 5.41) is 9.07. The number of carbonyl (C=O) groups excluding carboxylic acids is 1. The molecular formula is C13H22N4O. The van der Waals surface area contributed by atoms with Gasteiger partial charge in [0, 0.05) is 13.1 Å². The second-order valence-electron chi connectivity index (χ2n) is 4.10. The normalized spacial score (nSPS) is 11.7. The number of rotatable bonds is 7. The van der Waals surface area contributed by atoms with E-state index in [1.807, 2.05) is 39.0 Å². The Hall–Kier alpha value is -1.78. The van der Waals surface area contributed by atoms with E-state index in [1.54, 1.807) is 0 Å². The minimum absolute atomic E-state index is 0.00694. The predicted octanol–water partition coefficient (Wildman–Crippen LogP) is 1.84. The lowest BCUT2D eigenvalue weighted by molar-refractivity contribution is -0.121. The molecule has 5 nitrogen and oxygen atoms in total. The topological polar surface area (TPSA) is 66.1 Å². The van der Waals surface area contributed by atoms with Crippen LogP contribution in [0.3, 0.4) is 0 Å². The molecule has 1 aromatic rings. The standard InChI is InChI=1S/C13H22N4O/c1-4-9-15-13(18)10(3)16-12-8-6-7-11(17-12)14-5-2/h6-8,10H,4-5,9H2,1-3H3,(H,15,18)(H2,14,16,17). The van der Waals surface area contributed by atoms with E-state index in [2.05, 4.69) is 20.9 Å². The molecule has 0 fully saturated rings. The van der Waals surface area contributed by atoms with Gasteiger partial charge in [-0.3, -0.25) is 4.79 Å². The zero-order valence-electron chi connectivity index (χ0n) is 11.3. The summed E-state index contributed by atoms with van der Waals surface area (Å²) in [6.45, 7) is 7.40. The number of aromatic nitrogens is 1. The van der Waals surface area contributed by atoms with Gasteiger partial charge in [0.2, 0.25) is 5.91 Å². The molecule has 0 saturated carbocycles. The van der Waals surface area contributed by atoms with Crippen LogP contribution < -0.4 is 16.0 Å². The summed E-state index contributed by atoms with van der Waals surface area (Å²) in [6, 6.07) is 5.37. The highest BCUT2D eigenvalue weighted by molar-refractivity contribution is 5.83. The van der Waals surface area contributed by atoms with Gasteiger partial charge in [0.15, 0.2) is 0 Å². The average Bonchev–Trinajstić information content (AvgIpc) is 2.36. The third kappa shape index (κ3) is 4.61. The highest BCUT2D eigenvalue weighted by Gasteiger charge is 2.12. The van der Waals surface area contributed by atoms with Crippen LogP contribution in [-0.4, -0.2) is 30.0 Å². The molecule has 100 valence electrons. The number of hydrogen-bond donors (Lipinski definition) is 3. The monoisotopic (exact) mass is 250 g/mol. The van der Waals surface area contributed by atoms with Gasteiger partial charge in [-0.2, -0.15) is 0 Å². The minimum atomic E-state index is -0.291. The SMILES string of the molecule is CCCNC(=O)C(C)Nc1cccc(NCC)n1. The Labute approximate surface area is 108 Å². The zero-order chi connectivity index (χ0) is 13.4. The van der Waals surface area contributed by atoms with E-state index >= 15 is 0 Å². The fraction of sp³-hybridized carbons (Fsp3) is 0.538. The molecule has 1 heterocycles. The fourth-order valence-corrected chi connectivity index (χ4v) is 1.48. The van der Waals surface area contributed by atoms with E-state index in [0.29, 0.717) is 12.4 Å². The van der Waals surface area contributed by atoms with Gasteiger partial charge in [-0.15, -0.1) is 0 Å². The number of nitrogens with zero attached hydrogens (tertiary/aromatic N) is 1. The molecule has 5 heteroatoms. The molecule has 0 aromatic carbocycles. The van der Waals surface area contributed by atoms with Crippen molar-refractivity contribution in [2.75, 3.05) is 23.7 Å². The van der Waals surface area contributed by atoms with Gasteiger partial charge in [-0.25, -0.2) is 4.98 Å². The Kier molecular flexibility index (Phi) is 5.97. The second kappa shape index (κ2) is 7.53. The molecule has 1 aromatic heterocycles. The van der Waals surface area contributed by atoms with E-state index in [9.17, 15) is 4.79 Å². The lowest BCUT2D eigenvalue weighted by Gasteiger charge is -2.15. The first-order valence-electron chi connectivity index (χ1n) is 6.42. The highest BCUT2D eigenvalue weighted by atomic mass is 16.2. The number of hydrogen-bond acceptors (Lipinski definition) is 4. The molecule has 1 amide bonds. The number of anilines is 2. The van der Waals surface area contributed by atoms with Gasteiger partial charge >= 0.3 is 0 Å². The quantitative estimate of drug-likeness (QED) is 0.691. The van der Waals surface area contributed by atoms with E-state index < -0.39 is 0 Å². The van der Waals surface area contributed by atoms with Gasteiger partial charge in [-0.05, 0) is 32.4 Å². The molecule has 1 atom stereocenters. The van der Waals surface area contributed by atoms with E-state index in [4.69, 9.17) is 0 Å². The summed E-state index contributed by atoms with van der Waals surface area (Å²) >= 11 is 0. The van der Waals surface area contributed by atoms with Gasteiger partial charge in [0.25, 0.3) is 0 Å². The van der Waals surface area contributed by atoms with E-state index in [0.717, 1.165) is 18.8 Å². The molecule has 18 heavy (non-hydrogen) atoms. The first-order valence-corrected chi connectivity index (χ1v) is 6.42. The third-order valence-corrected chi connectivity index (χ3v) is 2.41. The van der Waals surface area contributed by atoms with Gasteiger partial charge in [-0.1, -0.05) is 13.0 Å². The average molecular weight is 250 g/mol. The molecule has 0 spiro atoms. The molecule has 0 aliphatic heterocycles. The summed E-state index contributed by atoms with van der Waals surface area (Å²) in [6.07, 6.45) is 0.937. The molecule has 3 N–H and O–H groups in total. The van der Waals surface area contributed by atoms with Crippen LogP contribution in [0, 0.1) is 0 Å². The van der Waals surface area contributed by atoms with Crippen molar-refractivity contribution < 1.29 is 4.79 Å². The Morgan fingerprint density at radius 3 is 2.72 bits per heavy atom. The van der Waals surface area contributed by atoms with Crippen LogP contribution in [0.2, 0.25) is 0 Å². The number of pyridine rings is 1. The number of nitrogens with one attached hydrogen (secondary N) is 3. The summed E-state index contributed by atoms with van der Waals surface area (Å²) < 4.78 is 0. The van der Waals surface area contributed by atoms with Crippen LogP contribution in [0.25, 0.3) is 0 Å². The van der Waals surface area contributed by atoms with Crippen LogP contribution in [0.1, 0.15) is 27.2 Å². The Bertz CT molecular complexity index is 381. The largest absolute Gasteiger partial charge is 0.370 e. The van der Waals surface area contributed by atoms with Crippen molar-refractivity contribution in [3.05, 3.63) is 18.2 Å². The van der Waals surface area contributed by atoms with Crippen LogP contribution in [-0.2, 0) is 4.79 Å². The van der Waals surface area contributed by atoms with Crippen LogP contribution >= 0.6 is 0 Å². The summed E-state index contributed by atoms with van der Waals surface area (Å²) in [7, 11) is 0. The maximum absolute atomic E-state index is 11.7. The van der Waals surface area contributed by atoms with Crippen molar-refractivity contribution in [2.45, 2.75) is 33.2 Å². The fourth-order valence-electron chi connectivity index (χ4n) is 1.48. The molecule has 0 radical (unpaired) electrons.